The van der Waals surface area contributed by atoms with Crippen LogP contribution in [0.5, 0.6) is 0 Å². The van der Waals surface area contributed by atoms with Crippen LogP contribution in [0, 0.1) is 11.8 Å². The Balaban J connectivity index is 1.55. The Morgan fingerprint density at radius 2 is 1.65 bits per heavy atom. The number of benzene rings is 2. The molecule has 1 saturated carbocycles. The van der Waals surface area contributed by atoms with Crippen LogP contribution in [0.2, 0.25) is 0 Å². The van der Waals surface area contributed by atoms with Gasteiger partial charge in [-0.05, 0) is 69.6 Å². The van der Waals surface area contributed by atoms with Crippen molar-refractivity contribution in [1.82, 2.24) is 4.90 Å². The van der Waals surface area contributed by atoms with E-state index >= 15 is 4.39 Å². The molecule has 9 heteroatoms. The highest BCUT2D eigenvalue weighted by molar-refractivity contribution is 5.81. The highest BCUT2D eigenvalue weighted by atomic mass is 19.4. The molecule has 3 atom stereocenters. The molecular weight excluding hydrogens is 524 g/mol. The lowest BCUT2D eigenvalue weighted by atomic mass is 9.66. The molecule has 1 aliphatic carbocycles. The first-order valence-corrected chi connectivity index (χ1v) is 14.1. The highest BCUT2D eigenvalue weighted by Crippen LogP contribution is 2.52. The summed E-state index contributed by atoms with van der Waals surface area (Å²) in [5.41, 5.74) is -1.95. The number of hydrogen-bond donors (Lipinski definition) is 1. The molecule has 3 aliphatic rings. The number of aliphatic carboxylic acids is 1. The summed E-state index contributed by atoms with van der Waals surface area (Å²) in [5, 5.41) is 9.38. The molecule has 2 aromatic rings. The molecule has 2 heterocycles. The van der Waals surface area contributed by atoms with Gasteiger partial charge in [0, 0.05) is 42.2 Å². The van der Waals surface area contributed by atoms with Crippen molar-refractivity contribution < 1.29 is 32.3 Å². The lowest BCUT2D eigenvalue weighted by Crippen LogP contribution is -2.57. The van der Waals surface area contributed by atoms with Crippen molar-refractivity contribution >= 4 is 17.6 Å². The van der Waals surface area contributed by atoms with Crippen LogP contribution in [0.4, 0.5) is 23.2 Å². The summed E-state index contributed by atoms with van der Waals surface area (Å²) >= 11 is 0. The van der Waals surface area contributed by atoms with Gasteiger partial charge in [-0.1, -0.05) is 42.5 Å². The van der Waals surface area contributed by atoms with E-state index in [0.29, 0.717) is 70.8 Å². The monoisotopic (exact) mass is 560 g/mol. The van der Waals surface area contributed by atoms with Crippen LogP contribution in [0.3, 0.4) is 0 Å². The first kappa shape index (κ1) is 28.4. The molecule has 40 heavy (non-hydrogen) atoms. The number of halogens is 4. The minimum Gasteiger partial charge on any atom is -0.481 e. The molecule has 0 radical (unpaired) electrons. The maximum atomic E-state index is 15.1. The standard InChI is InChI=1S/C31H36F4N2O3/c1-3-36-19-26-30(18-20-7-5-4-6-8-20,24-14-13-23(17-25(24)36)29(2,32)31(33,34)35)15-16-37(26)27(38)21-9-11-22(12-10-21)28(39)40/h4-8,13-14,17,21-22,26H,3,9-12,15-16,18-19H2,1-2H3,(H,39,40)/t21-,22-,26?,29?,30?. The number of carbonyl (C=O) groups excluding carboxylic acids is 1. The average Bonchev–Trinajstić information content (AvgIpc) is 3.30. The average molecular weight is 561 g/mol. The molecule has 1 saturated heterocycles. The summed E-state index contributed by atoms with van der Waals surface area (Å²) < 4.78 is 55.9. The molecule has 2 aromatic carbocycles. The molecule has 5 rings (SSSR count). The first-order valence-electron chi connectivity index (χ1n) is 14.1. The minimum atomic E-state index is -5.05. The molecule has 0 bridgehead atoms. The maximum Gasteiger partial charge on any atom is 0.426 e. The Hall–Kier alpha value is -3.10. The van der Waals surface area contributed by atoms with Crippen LogP contribution in [-0.4, -0.2) is 53.7 Å². The van der Waals surface area contributed by atoms with E-state index in [2.05, 4.69) is 0 Å². The molecule has 0 spiro atoms. The fourth-order valence-electron chi connectivity index (χ4n) is 7.15. The predicted molar refractivity (Wildman–Crippen MR) is 144 cm³/mol. The van der Waals surface area contributed by atoms with E-state index in [0.717, 1.165) is 11.1 Å². The predicted octanol–water partition coefficient (Wildman–Crippen LogP) is 6.25. The zero-order valence-corrected chi connectivity index (χ0v) is 22.9. The van der Waals surface area contributed by atoms with E-state index in [1.54, 1.807) is 6.07 Å². The van der Waals surface area contributed by atoms with Crippen LogP contribution in [-0.2, 0) is 27.1 Å². The van der Waals surface area contributed by atoms with Gasteiger partial charge in [-0.3, -0.25) is 9.59 Å². The Kier molecular flexibility index (Phi) is 7.38. The molecule has 1 amide bonds. The molecule has 5 nitrogen and oxygen atoms in total. The number of hydrogen-bond acceptors (Lipinski definition) is 3. The molecule has 2 aliphatic heterocycles. The second kappa shape index (κ2) is 10.4. The van der Waals surface area contributed by atoms with Crippen molar-refractivity contribution in [2.45, 2.75) is 75.7 Å². The van der Waals surface area contributed by atoms with Crippen LogP contribution >= 0.6 is 0 Å². The van der Waals surface area contributed by atoms with Gasteiger partial charge >= 0.3 is 12.1 Å². The molecule has 216 valence electrons. The van der Waals surface area contributed by atoms with Gasteiger partial charge in [0.25, 0.3) is 0 Å². The number of carboxylic acids is 1. The third-order valence-electron chi connectivity index (χ3n) is 9.61. The first-order chi connectivity index (χ1) is 18.9. The zero-order chi connectivity index (χ0) is 28.9. The van der Waals surface area contributed by atoms with Crippen molar-refractivity contribution in [3.05, 3.63) is 65.2 Å². The lowest BCUT2D eigenvalue weighted by Gasteiger charge is -2.49. The molecule has 1 N–H and O–H groups in total. The van der Waals surface area contributed by atoms with Crippen molar-refractivity contribution in [2.24, 2.45) is 11.8 Å². The normalized spacial score (nSPS) is 28.0. The SMILES string of the molecule is CCN1CC2N(C(=O)[C@H]3CC[C@H](C(=O)O)CC3)CCC2(Cc2ccccc2)c2ccc(C(C)(F)C(F)(F)F)cc21. The van der Waals surface area contributed by atoms with E-state index < -0.39 is 34.7 Å². The van der Waals surface area contributed by atoms with Gasteiger partial charge in [0.2, 0.25) is 11.6 Å². The third-order valence-corrected chi connectivity index (χ3v) is 9.61. The summed E-state index contributed by atoms with van der Waals surface area (Å²) in [5.74, 6) is -1.43. The number of carboxylic acid groups (broad SMARTS) is 1. The van der Waals surface area contributed by atoms with Crippen LogP contribution in [0.1, 0.15) is 62.6 Å². The van der Waals surface area contributed by atoms with Gasteiger partial charge in [-0.2, -0.15) is 13.2 Å². The van der Waals surface area contributed by atoms with E-state index in [9.17, 15) is 27.9 Å². The highest BCUT2D eigenvalue weighted by Gasteiger charge is 2.57. The molecular formula is C31H36F4N2O3. The third kappa shape index (κ3) is 4.75. The van der Waals surface area contributed by atoms with Gasteiger partial charge in [-0.25, -0.2) is 4.39 Å². The van der Waals surface area contributed by atoms with Crippen molar-refractivity contribution in [2.75, 3.05) is 24.5 Å². The molecule has 2 fully saturated rings. The number of likely N-dealkylation sites (N-methyl/N-ethyl adjacent to an activating group) is 1. The van der Waals surface area contributed by atoms with E-state index in [1.807, 2.05) is 47.1 Å². The van der Waals surface area contributed by atoms with E-state index in [1.165, 1.54) is 12.1 Å². The number of nitrogens with zero attached hydrogens (tertiary/aromatic N) is 2. The number of rotatable bonds is 6. The van der Waals surface area contributed by atoms with Crippen molar-refractivity contribution in [3.63, 3.8) is 0 Å². The van der Waals surface area contributed by atoms with Gasteiger partial charge in [0.05, 0.1) is 12.0 Å². The minimum absolute atomic E-state index is 0.0355. The number of alkyl halides is 4. The number of likely N-dealkylation sites (tertiary alicyclic amines) is 1. The summed E-state index contributed by atoms with van der Waals surface area (Å²) in [6.45, 7) is 3.91. The largest absolute Gasteiger partial charge is 0.481 e. The van der Waals surface area contributed by atoms with Gasteiger partial charge < -0.3 is 14.9 Å². The topological polar surface area (TPSA) is 60.9 Å². The fraction of sp³-hybridized carbons (Fsp3) is 0.548. The summed E-state index contributed by atoms with van der Waals surface area (Å²) in [6.07, 6.45) is -1.78. The van der Waals surface area contributed by atoms with Crippen molar-refractivity contribution in [3.8, 4) is 0 Å². The van der Waals surface area contributed by atoms with Crippen LogP contribution < -0.4 is 4.90 Å². The maximum absolute atomic E-state index is 15.1. The zero-order valence-electron chi connectivity index (χ0n) is 22.9. The van der Waals surface area contributed by atoms with Gasteiger partial charge in [0.1, 0.15) is 0 Å². The Labute approximate surface area is 232 Å². The smallest absolute Gasteiger partial charge is 0.426 e. The van der Waals surface area contributed by atoms with Crippen molar-refractivity contribution in [1.29, 1.82) is 0 Å². The summed E-state index contributed by atoms with van der Waals surface area (Å²) in [6, 6.07) is 13.9. The Morgan fingerprint density at radius 3 is 2.25 bits per heavy atom. The molecule has 0 aromatic heterocycles. The van der Waals surface area contributed by atoms with E-state index in [-0.39, 0.29) is 17.9 Å². The number of fused-ring (bicyclic) bond motifs is 3. The summed E-state index contributed by atoms with van der Waals surface area (Å²) in [4.78, 5) is 29.3. The Morgan fingerprint density at radius 1 is 1.00 bits per heavy atom. The quantitative estimate of drug-likeness (QED) is 0.425. The lowest BCUT2D eigenvalue weighted by molar-refractivity contribution is -0.228. The van der Waals surface area contributed by atoms with E-state index in [4.69, 9.17) is 0 Å². The summed E-state index contributed by atoms with van der Waals surface area (Å²) in [7, 11) is 0. The van der Waals surface area contributed by atoms with Gasteiger partial charge in [-0.15, -0.1) is 0 Å². The number of amides is 1. The van der Waals surface area contributed by atoms with Crippen LogP contribution in [0.25, 0.3) is 0 Å². The van der Waals surface area contributed by atoms with Gasteiger partial charge in [0.15, 0.2) is 0 Å². The molecule has 3 unspecified atom stereocenters. The fourth-order valence-corrected chi connectivity index (χ4v) is 7.15. The second-order valence-corrected chi connectivity index (χ2v) is 11.8. The second-order valence-electron chi connectivity index (χ2n) is 11.8. The number of anilines is 1. The van der Waals surface area contributed by atoms with Crippen LogP contribution in [0.15, 0.2) is 48.5 Å². The number of carbonyl (C=O) groups is 2. The Bertz CT molecular complexity index is 1260.